The van der Waals surface area contributed by atoms with E-state index in [1.165, 1.54) is 0 Å². The molecule has 1 amide bonds. The van der Waals surface area contributed by atoms with Crippen molar-refractivity contribution in [2.75, 3.05) is 44.3 Å². The average Bonchev–Trinajstić information content (AvgIpc) is 2.75. The van der Waals surface area contributed by atoms with E-state index in [0.29, 0.717) is 12.1 Å². The molecule has 0 radical (unpaired) electrons. The molecule has 4 rings (SSSR count). The van der Waals surface area contributed by atoms with Gasteiger partial charge >= 0.3 is 0 Å². The third-order valence-corrected chi connectivity index (χ3v) is 5.06. The fourth-order valence-corrected chi connectivity index (χ4v) is 3.63. The Morgan fingerprint density at radius 3 is 2.73 bits per heavy atom. The van der Waals surface area contributed by atoms with Crippen LogP contribution in [0.25, 0.3) is 0 Å². The molecule has 0 N–H and O–H groups in total. The number of ether oxygens (including phenoxy) is 1. The van der Waals surface area contributed by atoms with Gasteiger partial charge in [-0.05, 0) is 25.0 Å². The van der Waals surface area contributed by atoms with E-state index in [9.17, 15) is 4.79 Å². The summed E-state index contributed by atoms with van der Waals surface area (Å²) < 4.78 is 5.42. The number of carbonyl (C=O) groups excluding carboxylic acids is 1. The lowest BCUT2D eigenvalue weighted by atomic mass is 9.94. The van der Waals surface area contributed by atoms with E-state index in [0.717, 1.165) is 57.2 Å². The van der Waals surface area contributed by atoms with Crippen molar-refractivity contribution >= 4 is 11.7 Å². The zero-order valence-corrected chi connectivity index (χ0v) is 14.8. The van der Waals surface area contributed by atoms with Crippen LogP contribution in [-0.4, -0.2) is 65.2 Å². The summed E-state index contributed by atoms with van der Waals surface area (Å²) in [6, 6.07) is 5.62. The van der Waals surface area contributed by atoms with E-state index >= 15 is 0 Å². The molecule has 1 unspecified atom stereocenters. The van der Waals surface area contributed by atoms with Crippen molar-refractivity contribution in [2.45, 2.75) is 18.8 Å². The predicted molar refractivity (Wildman–Crippen MR) is 97.2 cm³/mol. The van der Waals surface area contributed by atoms with Crippen molar-refractivity contribution in [2.24, 2.45) is 0 Å². The van der Waals surface area contributed by atoms with Gasteiger partial charge in [-0.1, -0.05) is 0 Å². The second-order valence-electron chi connectivity index (χ2n) is 6.73. The Balaban J connectivity index is 1.48. The fourth-order valence-electron chi connectivity index (χ4n) is 3.63. The van der Waals surface area contributed by atoms with Crippen molar-refractivity contribution in [3.8, 4) is 0 Å². The molecule has 2 aliphatic heterocycles. The molecule has 7 heteroatoms. The van der Waals surface area contributed by atoms with E-state index < -0.39 is 0 Å². The zero-order chi connectivity index (χ0) is 17.8. The van der Waals surface area contributed by atoms with Gasteiger partial charge in [0, 0.05) is 56.1 Å². The van der Waals surface area contributed by atoms with E-state index in [2.05, 4.69) is 25.9 Å². The minimum atomic E-state index is 0.0690. The standard InChI is InChI=1S/C19H23N5O2/c25-19(15-3-5-20-6-4-15)24-7-1-2-16(13-24)17-12-18(22-14-21-17)23-8-10-26-11-9-23/h3-6,12,14,16H,1-2,7-11,13H2. The average molecular weight is 353 g/mol. The molecule has 2 aliphatic rings. The number of rotatable bonds is 3. The molecule has 2 fully saturated rings. The van der Waals surface area contributed by atoms with Gasteiger partial charge in [-0.25, -0.2) is 9.97 Å². The topological polar surface area (TPSA) is 71.5 Å². The quantitative estimate of drug-likeness (QED) is 0.837. The number of hydrogen-bond donors (Lipinski definition) is 0. The first-order chi connectivity index (χ1) is 12.8. The lowest BCUT2D eigenvalue weighted by molar-refractivity contribution is 0.0705. The van der Waals surface area contributed by atoms with Gasteiger partial charge in [-0.3, -0.25) is 9.78 Å². The summed E-state index contributed by atoms with van der Waals surface area (Å²) in [5.74, 6) is 1.27. The zero-order valence-electron chi connectivity index (χ0n) is 14.8. The van der Waals surface area contributed by atoms with Crippen LogP contribution >= 0.6 is 0 Å². The number of hydrogen-bond acceptors (Lipinski definition) is 6. The van der Waals surface area contributed by atoms with Crippen LogP contribution in [0.3, 0.4) is 0 Å². The number of morpholine rings is 1. The molecule has 0 aromatic carbocycles. The van der Waals surface area contributed by atoms with Crippen LogP contribution in [-0.2, 0) is 4.74 Å². The van der Waals surface area contributed by atoms with Crippen molar-refractivity contribution in [1.82, 2.24) is 19.9 Å². The Hall–Kier alpha value is -2.54. The van der Waals surface area contributed by atoms with E-state index in [1.54, 1.807) is 30.9 Å². The first kappa shape index (κ1) is 16.9. The third kappa shape index (κ3) is 3.67. The number of anilines is 1. The highest BCUT2D eigenvalue weighted by atomic mass is 16.5. The highest BCUT2D eigenvalue weighted by molar-refractivity contribution is 5.94. The summed E-state index contributed by atoms with van der Waals surface area (Å²) in [6.07, 6.45) is 6.99. The molecule has 7 nitrogen and oxygen atoms in total. The van der Waals surface area contributed by atoms with Crippen molar-refractivity contribution in [3.63, 3.8) is 0 Å². The minimum absolute atomic E-state index is 0.0690. The van der Waals surface area contributed by atoms with Crippen LogP contribution in [0, 0.1) is 0 Å². The maximum Gasteiger partial charge on any atom is 0.253 e. The molecule has 2 aromatic rings. The first-order valence-corrected chi connectivity index (χ1v) is 9.15. The largest absolute Gasteiger partial charge is 0.378 e. The molecular weight excluding hydrogens is 330 g/mol. The van der Waals surface area contributed by atoms with E-state index in [4.69, 9.17) is 4.74 Å². The summed E-state index contributed by atoms with van der Waals surface area (Å²) >= 11 is 0. The second-order valence-corrected chi connectivity index (χ2v) is 6.73. The van der Waals surface area contributed by atoms with Gasteiger partial charge in [0.25, 0.3) is 5.91 Å². The fraction of sp³-hybridized carbons (Fsp3) is 0.474. The van der Waals surface area contributed by atoms with Crippen LogP contribution in [0.2, 0.25) is 0 Å². The Kier molecular flexibility index (Phi) is 5.06. The molecule has 26 heavy (non-hydrogen) atoms. The number of carbonyl (C=O) groups is 1. The van der Waals surface area contributed by atoms with Gasteiger partial charge < -0.3 is 14.5 Å². The highest BCUT2D eigenvalue weighted by Crippen LogP contribution is 2.28. The maximum absolute atomic E-state index is 12.7. The Bertz CT molecular complexity index is 749. The van der Waals surface area contributed by atoms with Crippen LogP contribution in [0.1, 0.15) is 34.8 Å². The Morgan fingerprint density at radius 2 is 1.92 bits per heavy atom. The summed E-state index contributed by atoms with van der Waals surface area (Å²) in [5, 5.41) is 0. The van der Waals surface area contributed by atoms with Crippen LogP contribution in [0.5, 0.6) is 0 Å². The number of amides is 1. The van der Waals surface area contributed by atoms with Gasteiger partial charge in [-0.2, -0.15) is 0 Å². The summed E-state index contributed by atoms with van der Waals surface area (Å²) in [6.45, 7) is 4.66. The molecule has 0 spiro atoms. The highest BCUT2D eigenvalue weighted by Gasteiger charge is 2.27. The monoisotopic (exact) mass is 353 g/mol. The number of pyridine rings is 1. The number of likely N-dealkylation sites (tertiary alicyclic amines) is 1. The van der Waals surface area contributed by atoms with Gasteiger partial charge in [0.15, 0.2) is 0 Å². The molecule has 1 atom stereocenters. The molecule has 2 aromatic heterocycles. The molecule has 0 aliphatic carbocycles. The van der Waals surface area contributed by atoms with Crippen molar-refractivity contribution in [3.05, 3.63) is 48.2 Å². The molecule has 2 saturated heterocycles. The minimum Gasteiger partial charge on any atom is -0.378 e. The van der Waals surface area contributed by atoms with Crippen molar-refractivity contribution in [1.29, 1.82) is 0 Å². The van der Waals surface area contributed by atoms with Crippen molar-refractivity contribution < 1.29 is 9.53 Å². The van der Waals surface area contributed by atoms with Crippen LogP contribution in [0.15, 0.2) is 36.9 Å². The summed E-state index contributed by atoms with van der Waals surface area (Å²) in [4.78, 5) is 29.8. The predicted octanol–water partition coefficient (Wildman–Crippen LogP) is 1.73. The molecular formula is C19H23N5O2. The third-order valence-electron chi connectivity index (χ3n) is 5.06. The van der Waals surface area contributed by atoms with Crippen LogP contribution < -0.4 is 4.90 Å². The van der Waals surface area contributed by atoms with Crippen LogP contribution in [0.4, 0.5) is 5.82 Å². The second kappa shape index (κ2) is 7.78. The van der Waals surface area contributed by atoms with Gasteiger partial charge in [0.1, 0.15) is 12.1 Å². The summed E-state index contributed by atoms with van der Waals surface area (Å²) in [5.41, 5.74) is 1.71. The lowest BCUT2D eigenvalue weighted by Crippen LogP contribution is -2.39. The molecule has 4 heterocycles. The number of nitrogens with zero attached hydrogens (tertiary/aromatic N) is 5. The molecule has 0 bridgehead atoms. The molecule has 136 valence electrons. The number of piperidine rings is 1. The first-order valence-electron chi connectivity index (χ1n) is 9.15. The maximum atomic E-state index is 12.7. The normalized spacial score (nSPS) is 20.8. The van der Waals surface area contributed by atoms with Gasteiger partial charge in [-0.15, -0.1) is 0 Å². The lowest BCUT2D eigenvalue weighted by Gasteiger charge is -2.33. The molecule has 0 saturated carbocycles. The van der Waals surface area contributed by atoms with Gasteiger partial charge in [0.2, 0.25) is 0 Å². The smallest absolute Gasteiger partial charge is 0.253 e. The van der Waals surface area contributed by atoms with E-state index in [1.807, 2.05) is 4.90 Å². The Labute approximate surface area is 153 Å². The van der Waals surface area contributed by atoms with E-state index in [-0.39, 0.29) is 11.8 Å². The van der Waals surface area contributed by atoms with Gasteiger partial charge in [0.05, 0.1) is 18.9 Å². The Morgan fingerprint density at radius 1 is 1.12 bits per heavy atom. The SMILES string of the molecule is O=C(c1ccncc1)N1CCCC(c2cc(N3CCOCC3)ncn2)C1. The summed E-state index contributed by atoms with van der Waals surface area (Å²) in [7, 11) is 0. The number of aromatic nitrogens is 3.